The van der Waals surface area contributed by atoms with E-state index in [9.17, 15) is 4.79 Å². The van der Waals surface area contributed by atoms with Gasteiger partial charge in [-0.05, 0) is 0 Å². The Bertz CT molecular complexity index is 62.0. The van der Waals surface area contributed by atoms with Crippen molar-refractivity contribution in [3.63, 3.8) is 0 Å². The average Bonchev–Trinajstić information content (AvgIpc) is 1.69. The van der Waals surface area contributed by atoms with Gasteiger partial charge in [0.2, 0.25) is 0 Å². The van der Waals surface area contributed by atoms with Crippen molar-refractivity contribution in [1.29, 1.82) is 0 Å². The van der Waals surface area contributed by atoms with Crippen molar-refractivity contribution in [3.8, 4) is 0 Å². The Labute approximate surface area is 60.9 Å². The second kappa shape index (κ2) is 10.3. The summed E-state index contributed by atoms with van der Waals surface area (Å²) in [5, 5.41) is 7.42. The summed E-state index contributed by atoms with van der Waals surface area (Å²) >= 11 is 0.757. The maximum atomic E-state index is 9.23. The van der Waals surface area contributed by atoms with Gasteiger partial charge in [0.1, 0.15) is 0 Å². The number of primary amides is 1. The van der Waals surface area contributed by atoms with Gasteiger partial charge in [-0.1, -0.05) is 0 Å². The molecule has 0 saturated heterocycles. The standard InChI is InChI=1S/CH4N2O2.2ClH.Cu/c2-1(4)3-5;;;/h5H,(H3,2,3,4);2*1H;/q;;;+2/p-2. The summed E-state index contributed by atoms with van der Waals surface area (Å²) in [6, 6.07) is -0.940. The van der Waals surface area contributed by atoms with Crippen molar-refractivity contribution in [2.24, 2.45) is 5.73 Å². The summed E-state index contributed by atoms with van der Waals surface area (Å²) in [5.41, 5.74) is 5.46. The van der Waals surface area contributed by atoms with Crippen molar-refractivity contribution in [2.45, 2.75) is 0 Å². The quantitative estimate of drug-likeness (QED) is 0.308. The molecule has 0 atom stereocenters. The molecule has 4 nitrogen and oxygen atoms in total. The average molecular weight is 211 g/mol. The second-order valence-corrected chi connectivity index (χ2v) is 2.07. The van der Waals surface area contributed by atoms with Crippen LogP contribution in [0.15, 0.2) is 0 Å². The third kappa shape index (κ3) is 33.1. The predicted octanol–water partition coefficient (Wildman–Crippen LogP) is 0.420. The molecule has 0 unspecified atom stereocenters. The Hall–Kier alpha value is 0.329. The van der Waals surface area contributed by atoms with Crippen molar-refractivity contribution >= 4 is 26.2 Å². The van der Waals surface area contributed by atoms with E-state index in [1.54, 1.807) is 0 Å². The van der Waals surface area contributed by atoms with Crippen LogP contribution in [0.1, 0.15) is 0 Å². The molecule has 0 aromatic heterocycles. The fourth-order valence-electron chi connectivity index (χ4n) is 0. The van der Waals surface area contributed by atoms with Crippen LogP contribution in [0.4, 0.5) is 4.79 Å². The van der Waals surface area contributed by atoms with E-state index >= 15 is 0 Å². The minimum atomic E-state index is -0.940. The first-order valence-electron chi connectivity index (χ1n) is 1.19. The van der Waals surface area contributed by atoms with E-state index in [-0.39, 0.29) is 0 Å². The molecule has 0 spiro atoms. The maximum absolute atomic E-state index is 9.23. The summed E-state index contributed by atoms with van der Waals surface area (Å²) in [4.78, 5) is 9.23. The molecule has 0 heterocycles. The number of nitrogens with two attached hydrogens (primary N) is 1. The number of hydroxylamine groups is 1. The van der Waals surface area contributed by atoms with Crippen LogP contribution in [-0.2, 0) is 13.1 Å². The molecule has 0 aromatic rings. The van der Waals surface area contributed by atoms with E-state index in [1.165, 1.54) is 5.48 Å². The number of amides is 2. The van der Waals surface area contributed by atoms with E-state index in [2.05, 4.69) is 25.9 Å². The number of halogens is 2. The molecule has 4 N–H and O–H groups in total. The van der Waals surface area contributed by atoms with Crippen molar-refractivity contribution < 1.29 is 23.1 Å². The van der Waals surface area contributed by atoms with E-state index in [1.807, 2.05) is 0 Å². The molecule has 0 bridgehead atoms. The summed E-state index contributed by atoms with van der Waals surface area (Å²) < 4.78 is 0. The Balaban J connectivity index is 0. The van der Waals surface area contributed by atoms with Gasteiger partial charge in [0.05, 0.1) is 0 Å². The van der Waals surface area contributed by atoms with Crippen molar-refractivity contribution in [2.75, 3.05) is 0 Å². The second-order valence-electron chi connectivity index (χ2n) is 0.519. The molecule has 0 fully saturated rings. The summed E-state index contributed by atoms with van der Waals surface area (Å²) in [7, 11) is 9.34. The monoisotopic (exact) mass is 209 g/mol. The molecule has 0 aromatic carbocycles. The first-order valence-corrected chi connectivity index (χ1v) is 3.79. The Morgan fingerprint density at radius 2 is 1.88 bits per heavy atom. The molecule has 8 heavy (non-hydrogen) atoms. The topological polar surface area (TPSA) is 75.4 Å². The van der Waals surface area contributed by atoms with Crippen LogP contribution in [0, 0.1) is 0 Å². The fraction of sp³-hybridized carbons (Fsp3) is 0. The van der Waals surface area contributed by atoms with Crippen LogP contribution < -0.4 is 11.2 Å². The van der Waals surface area contributed by atoms with Gasteiger partial charge in [0.15, 0.2) is 0 Å². The normalized spacial score (nSPS) is 6.88. The Morgan fingerprint density at radius 1 is 1.75 bits per heavy atom. The number of rotatable bonds is 0. The zero-order valence-electron chi connectivity index (χ0n) is 3.49. The van der Waals surface area contributed by atoms with Crippen molar-refractivity contribution in [1.82, 2.24) is 5.48 Å². The molecule has 0 aliphatic heterocycles. The molecule has 0 radical (unpaired) electrons. The number of carbonyl (C=O) groups is 1. The predicted molar refractivity (Wildman–Crippen MR) is 26.2 cm³/mol. The number of nitrogens with one attached hydrogen (secondary N) is 1. The zero-order valence-corrected chi connectivity index (χ0v) is 5.94. The molecule has 2 amide bonds. The van der Waals surface area contributed by atoms with Gasteiger partial charge in [-0.2, -0.15) is 0 Å². The number of urea groups is 1. The third-order valence-corrected chi connectivity index (χ3v) is 0.110. The van der Waals surface area contributed by atoms with Crippen LogP contribution in [0.2, 0.25) is 0 Å². The number of hydrogen-bond acceptors (Lipinski definition) is 2. The SMILES string of the molecule is NC(=O)NO.[Cl][Cu][Cl]. The van der Waals surface area contributed by atoms with Crippen LogP contribution >= 0.6 is 20.2 Å². The summed E-state index contributed by atoms with van der Waals surface area (Å²) in [6.07, 6.45) is 0. The van der Waals surface area contributed by atoms with Crippen LogP contribution in [0.25, 0.3) is 0 Å². The van der Waals surface area contributed by atoms with E-state index in [0.717, 1.165) is 13.1 Å². The van der Waals surface area contributed by atoms with Crippen molar-refractivity contribution in [3.05, 3.63) is 0 Å². The Kier molecular flexibility index (Phi) is 14.4. The molecule has 7 heteroatoms. The summed E-state index contributed by atoms with van der Waals surface area (Å²) in [5.74, 6) is 0. The van der Waals surface area contributed by atoms with Crippen LogP contribution in [-0.4, -0.2) is 11.2 Å². The number of carbonyl (C=O) groups excluding carboxylic acids is 1. The molecule has 0 rings (SSSR count). The molecule has 0 saturated carbocycles. The molecule has 0 aliphatic carbocycles. The van der Waals surface area contributed by atoms with Gasteiger partial charge in [0, 0.05) is 0 Å². The molecular formula is CH4Cl2CuN2O2. The fourth-order valence-corrected chi connectivity index (χ4v) is 0. The van der Waals surface area contributed by atoms with Gasteiger partial charge in [0.25, 0.3) is 0 Å². The first-order chi connectivity index (χ1) is 3.68. The zero-order chi connectivity index (χ0) is 6.99. The Morgan fingerprint density at radius 3 is 1.88 bits per heavy atom. The van der Waals surface area contributed by atoms with Gasteiger partial charge in [-0.3, -0.25) is 5.21 Å². The van der Waals surface area contributed by atoms with Gasteiger partial charge < -0.3 is 5.73 Å². The number of hydrogen-bond donors (Lipinski definition) is 3. The molecule has 55 valence electrons. The summed E-state index contributed by atoms with van der Waals surface area (Å²) in [6.45, 7) is 0. The van der Waals surface area contributed by atoms with Gasteiger partial charge >= 0.3 is 39.4 Å². The third-order valence-electron chi connectivity index (χ3n) is 0.110. The van der Waals surface area contributed by atoms with E-state index in [4.69, 9.17) is 5.21 Å². The molecular weight excluding hydrogens is 206 g/mol. The molecule has 0 aliphatic rings. The van der Waals surface area contributed by atoms with Gasteiger partial charge in [-0.25, -0.2) is 10.3 Å². The van der Waals surface area contributed by atoms with Crippen LogP contribution in [0.3, 0.4) is 0 Å². The minimum absolute atomic E-state index is 0.757. The van der Waals surface area contributed by atoms with E-state index < -0.39 is 6.03 Å². The van der Waals surface area contributed by atoms with Gasteiger partial charge in [-0.15, -0.1) is 0 Å². The first kappa shape index (κ1) is 11.2. The van der Waals surface area contributed by atoms with E-state index in [0.29, 0.717) is 0 Å². The van der Waals surface area contributed by atoms with Crippen LogP contribution in [0.5, 0.6) is 0 Å².